The predicted octanol–water partition coefficient (Wildman–Crippen LogP) is 7.47. The number of carboxylic acids is 1. The number of carboxylic acid groups (broad SMARTS) is 1. The maximum absolute atomic E-state index is 13.4. The van der Waals surface area contributed by atoms with Crippen molar-refractivity contribution in [1.82, 2.24) is 44.2 Å². The molecule has 0 unspecified atom stereocenters. The van der Waals surface area contributed by atoms with Gasteiger partial charge in [-0.25, -0.2) is 24.7 Å². The van der Waals surface area contributed by atoms with E-state index in [1.165, 1.54) is 6.20 Å². The van der Waals surface area contributed by atoms with Crippen molar-refractivity contribution in [3.63, 3.8) is 0 Å². The summed E-state index contributed by atoms with van der Waals surface area (Å²) in [5.41, 5.74) is 8.30. The molecule has 0 aromatic carbocycles. The molecule has 2 atom stereocenters. The number of amides is 3. The molecule has 71 heavy (non-hydrogen) atoms. The monoisotopic (exact) mass is 1140 g/mol. The Morgan fingerprint density at radius 3 is 1.55 bits per heavy atom. The lowest BCUT2D eigenvalue weighted by Crippen LogP contribution is -2.51. The number of aromatic carboxylic acids is 1. The van der Waals surface area contributed by atoms with Crippen molar-refractivity contribution in [3.05, 3.63) is 45.1 Å². The number of hydrogen-bond donors (Lipinski definition) is 3. The molecule has 23 heteroatoms. The van der Waals surface area contributed by atoms with E-state index in [9.17, 15) is 24.3 Å². The molecule has 0 radical (unpaired) electrons. The lowest BCUT2D eigenvalue weighted by molar-refractivity contribution is -0.135. The average Bonchev–Trinajstić information content (AvgIpc) is 4.29. The van der Waals surface area contributed by atoms with Gasteiger partial charge in [0.25, 0.3) is 5.91 Å². The fourth-order valence-electron chi connectivity index (χ4n) is 8.21. The standard InChI is InChI=1S/C24H33BrN6O3Si.C13H18BrN3O3Si.C11H17N3O/c1-35(2,3)11-10-34-15-31-14-18(21-22(31)27-13-19(25)28-21)23(32)29-20(17-4-5-17)24(33)30-8-6-16(12-26)7-9-30;1-21(2,3)5-4-20-8-17-7-9(13(18)19)11-12(17)15-6-10(14)16-11;12-7-8-3-5-14(6-4-8)11(15)10(13)9-1-2-9/h13-14,16-17,20H,4-11,15H2,1-3H3,(H,29,32);6-7H,4-5,8H2,1-3H3,(H,18,19);8-10H,1-6,13H2/t20-;;10-/m1.1/s1. The van der Waals surface area contributed by atoms with Gasteiger partial charge in [0.05, 0.1) is 36.1 Å². The Labute approximate surface area is 434 Å². The third-order valence-electron chi connectivity index (χ3n) is 13.0. The van der Waals surface area contributed by atoms with Gasteiger partial charge in [-0.05, 0) is 107 Å². The molecule has 4 N–H and O–H groups in total. The molecule has 4 aromatic heterocycles. The van der Waals surface area contributed by atoms with Crippen LogP contribution in [0, 0.1) is 46.3 Å². The molecule has 3 amide bonds. The van der Waals surface area contributed by atoms with Crippen LogP contribution in [0.2, 0.25) is 51.4 Å². The highest BCUT2D eigenvalue weighted by atomic mass is 79.9. The minimum absolute atomic E-state index is 0.00382. The zero-order chi connectivity index (χ0) is 51.6. The minimum Gasteiger partial charge on any atom is -0.478 e. The number of aromatic nitrogens is 6. The van der Waals surface area contributed by atoms with Crippen molar-refractivity contribution >= 4 is 94.0 Å². The van der Waals surface area contributed by atoms with Crippen LogP contribution in [0.3, 0.4) is 0 Å². The number of piperidine rings is 2. The first-order chi connectivity index (χ1) is 33.7. The van der Waals surface area contributed by atoms with Gasteiger partial charge < -0.3 is 44.6 Å². The summed E-state index contributed by atoms with van der Waals surface area (Å²) < 4.78 is 16.1. The van der Waals surface area contributed by atoms with E-state index >= 15 is 0 Å². The molecule has 2 saturated carbocycles. The van der Waals surface area contributed by atoms with Gasteiger partial charge in [-0.3, -0.25) is 14.4 Å². The second-order valence-corrected chi connectivity index (χ2v) is 34.2. The summed E-state index contributed by atoms with van der Waals surface area (Å²) in [5, 5.41) is 30.1. The highest BCUT2D eigenvalue weighted by Crippen LogP contribution is 2.35. The fourth-order valence-corrected chi connectivity index (χ4v) is 10.3. The minimum atomic E-state index is -1.21. The number of nitrogens with two attached hydrogens (primary N) is 1. The van der Waals surface area contributed by atoms with E-state index in [0.29, 0.717) is 95.2 Å². The van der Waals surface area contributed by atoms with Crippen molar-refractivity contribution in [2.75, 3.05) is 39.4 Å². The smallest absolute Gasteiger partial charge is 0.339 e. The van der Waals surface area contributed by atoms with E-state index in [0.717, 1.165) is 50.6 Å². The Bertz CT molecular complexity index is 2600. The number of nitriles is 2. The highest BCUT2D eigenvalue weighted by molar-refractivity contribution is 9.10. The molecule has 4 aliphatic rings. The van der Waals surface area contributed by atoms with Crippen LogP contribution < -0.4 is 11.1 Å². The van der Waals surface area contributed by atoms with Crippen LogP contribution in [0.25, 0.3) is 22.3 Å². The van der Waals surface area contributed by atoms with Crippen LogP contribution in [-0.2, 0) is 32.5 Å². The van der Waals surface area contributed by atoms with Crippen molar-refractivity contribution in [2.45, 2.75) is 128 Å². The first kappa shape index (κ1) is 55.7. The Morgan fingerprint density at radius 1 is 0.718 bits per heavy atom. The number of carbonyl (C=O) groups is 4. The Kier molecular flexibility index (Phi) is 19.5. The molecule has 4 fully saturated rings. The van der Waals surface area contributed by atoms with Gasteiger partial charge in [-0.1, -0.05) is 39.3 Å². The van der Waals surface area contributed by atoms with E-state index in [1.807, 2.05) is 4.90 Å². The lowest BCUT2D eigenvalue weighted by Gasteiger charge is -2.32. The van der Waals surface area contributed by atoms with Crippen LogP contribution in [0.15, 0.2) is 34.0 Å². The zero-order valence-electron chi connectivity index (χ0n) is 41.7. The van der Waals surface area contributed by atoms with Crippen molar-refractivity contribution in [3.8, 4) is 12.1 Å². The number of nitrogens with zero attached hydrogens (tertiary/aromatic N) is 10. The highest BCUT2D eigenvalue weighted by Gasteiger charge is 2.41. The van der Waals surface area contributed by atoms with Crippen molar-refractivity contribution in [2.24, 2.45) is 29.4 Å². The molecule has 2 aliphatic carbocycles. The maximum atomic E-state index is 13.4. The van der Waals surface area contributed by atoms with Gasteiger partial charge in [-0.2, -0.15) is 10.5 Å². The van der Waals surface area contributed by atoms with E-state index in [-0.39, 0.29) is 60.5 Å². The summed E-state index contributed by atoms with van der Waals surface area (Å²) in [5.74, 6) is -0.608. The summed E-state index contributed by atoms with van der Waals surface area (Å²) in [7, 11) is -2.34. The second kappa shape index (κ2) is 24.9. The molecule has 2 aliphatic heterocycles. The quantitative estimate of drug-likeness (QED) is 0.0685. The van der Waals surface area contributed by atoms with E-state index in [4.69, 9.17) is 25.7 Å². The maximum Gasteiger partial charge on any atom is 0.339 e. The van der Waals surface area contributed by atoms with Gasteiger partial charge in [0.15, 0.2) is 11.3 Å². The molecular weight excluding hydrogens is 1070 g/mol. The fraction of sp³-hybridized carbons (Fsp3) is 0.625. The number of rotatable bonds is 17. The predicted molar refractivity (Wildman–Crippen MR) is 280 cm³/mol. The van der Waals surface area contributed by atoms with E-state index in [2.05, 4.69) is 109 Å². The Balaban J connectivity index is 0.000000193. The van der Waals surface area contributed by atoms with Crippen LogP contribution in [0.1, 0.15) is 72.1 Å². The van der Waals surface area contributed by atoms with Gasteiger partial charge >= 0.3 is 5.97 Å². The molecule has 6 heterocycles. The zero-order valence-corrected chi connectivity index (χ0v) is 46.9. The largest absolute Gasteiger partial charge is 0.478 e. The van der Waals surface area contributed by atoms with Gasteiger partial charge in [0.1, 0.15) is 45.3 Å². The lowest BCUT2D eigenvalue weighted by atomic mass is 9.97. The molecular formula is C48H68Br2N12O7Si2. The first-order valence-electron chi connectivity index (χ1n) is 24.5. The summed E-state index contributed by atoms with van der Waals surface area (Å²) in [4.78, 5) is 70.9. The summed E-state index contributed by atoms with van der Waals surface area (Å²) in [6.45, 7) is 18.2. The van der Waals surface area contributed by atoms with E-state index < -0.39 is 28.2 Å². The summed E-state index contributed by atoms with van der Waals surface area (Å²) in [6, 6.07) is 5.82. The summed E-state index contributed by atoms with van der Waals surface area (Å²) >= 11 is 6.56. The average molecular weight is 1140 g/mol. The van der Waals surface area contributed by atoms with Crippen LogP contribution in [0.4, 0.5) is 0 Å². The molecule has 384 valence electrons. The van der Waals surface area contributed by atoms with Gasteiger partial charge in [0, 0.05) is 79.8 Å². The number of nitrogens with one attached hydrogen (secondary N) is 1. The van der Waals surface area contributed by atoms with E-state index in [1.54, 1.807) is 32.6 Å². The third kappa shape index (κ3) is 16.2. The topological polar surface area (TPSA) is 260 Å². The molecule has 8 rings (SSSR count). The third-order valence-corrected chi connectivity index (χ3v) is 17.2. The molecule has 0 bridgehead atoms. The molecule has 0 spiro atoms. The number of ether oxygens (including phenoxy) is 2. The Morgan fingerprint density at radius 2 is 1.14 bits per heavy atom. The Hall–Kier alpha value is -4.63. The second-order valence-electron chi connectivity index (χ2n) is 21.4. The van der Waals surface area contributed by atoms with Gasteiger partial charge in [-0.15, -0.1) is 0 Å². The van der Waals surface area contributed by atoms with Crippen molar-refractivity contribution in [1.29, 1.82) is 10.5 Å². The van der Waals surface area contributed by atoms with Gasteiger partial charge in [0.2, 0.25) is 11.8 Å². The molecule has 2 saturated heterocycles. The molecule has 4 aromatic rings. The number of hydrogen-bond acceptors (Lipinski definition) is 13. The number of likely N-dealkylation sites (tertiary alicyclic amines) is 2. The van der Waals surface area contributed by atoms with Crippen LogP contribution in [0.5, 0.6) is 0 Å². The summed E-state index contributed by atoms with van der Waals surface area (Å²) in [6.07, 6.45) is 13.4. The number of carbonyl (C=O) groups excluding carboxylic acids is 3. The SMILES string of the molecule is C[Si](C)(C)CCOCn1cc(C(=O)N[C@@H](C(=O)N2CCC(C#N)CC2)C2CC2)c2nc(Br)cnc21.C[Si](C)(C)CCOCn1cc(C(=O)O)c2nc(Br)cnc21.N#CC1CCN(C(=O)[C@H](N)C2CC2)CC1. The molecule has 19 nitrogen and oxygen atoms in total. The number of fused-ring (bicyclic) bond motifs is 2. The van der Waals surface area contributed by atoms with Crippen LogP contribution in [-0.4, -0.2) is 135 Å². The number of halogens is 2. The normalized spacial score (nSPS) is 17.6. The van der Waals surface area contributed by atoms with Crippen molar-refractivity contribution < 1.29 is 33.8 Å². The first-order valence-corrected chi connectivity index (χ1v) is 33.5. The van der Waals surface area contributed by atoms with Crippen LogP contribution >= 0.6 is 31.9 Å².